The predicted octanol–water partition coefficient (Wildman–Crippen LogP) is 2.71. The Morgan fingerprint density at radius 1 is 0.917 bits per heavy atom. The van der Waals surface area contributed by atoms with Crippen molar-refractivity contribution < 1.29 is 0 Å². The van der Waals surface area contributed by atoms with E-state index in [4.69, 9.17) is 10.5 Å². The van der Waals surface area contributed by atoms with Gasteiger partial charge in [-0.05, 0) is 12.8 Å². The minimum Gasteiger partial charge on any atom is -0.198 e. The van der Waals surface area contributed by atoms with Gasteiger partial charge >= 0.3 is 0 Å². The molecule has 0 rings (SSSR count). The predicted molar refractivity (Wildman–Crippen MR) is 48.0 cm³/mol. The quantitative estimate of drug-likeness (QED) is 0.580. The summed E-state index contributed by atoms with van der Waals surface area (Å²) in [6, 6.07) is 4.09. The molecule has 0 heterocycles. The Labute approximate surface area is 73.4 Å². The van der Waals surface area contributed by atoms with Crippen LogP contribution < -0.4 is 0 Å². The van der Waals surface area contributed by atoms with E-state index in [1.807, 2.05) is 12.1 Å². The SMILES string of the molecule is C=C(CCC#N)C(=C)CCC#N. The maximum absolute atomic E-state index is 8.30. The molecule has 0 unspecified atom stereocenters. The molecular weight excluding hydrogens is 148 g/mol. The van der Waals surface area contributed by atoms with E-state index in [0.29, 0.717) is 25.7 Å². The van der Waals surface area contributed by atoms with Crippen molar-refractivity contribution in [2.24, 2.45) is 0 Å². The van der Waals surface area contributed by atoms with Gasteiger partial charge in [0.1, 0.15) is 0 Å². The monoisotopic (exact) mass is 160 g/mol. The summed E-state index contributed by atoms with van der Waals surface area (Å²) >= 11 is 0. The zero-order valence-electron chi connectivity index (χ0n) is 7.14. The Morgan fingerprint density at radius 3 is 1.50 bits per heavy atom. The third-order valence-corrected chi connectivity index (χ3v) is 1.58. The highest BCUT2D eigenvalue weighted by atomic mass is 14.2. The van der Waals surface area contributed by atoms with Crippen molar-refractivity contribution in [3.8, 4) is 12.1 Å². The van der Waals surface area contributed by atoms with Crippen LogP contribution in [0.25, 0.3) is 0 Å². The van der Waals surface area contributed by atoms with Crippen LogP contribution in [-0.4, -0.2) is 0 Å². The van der Waals surface area contributed by atoms with Gasteiger partial charge in [-0.3, -0.25) is 0 Å². The molecule has 0 amide bonds. The summed E-state index contributed by atoms with van der Waals surface area (Å²) in [6.07, 6.45) is 2.29. The minimum atomic E-state index is 0.477. The van der Waals surface area contributed by atoms with E-state index in [0.717, 1.165) is 11.1 Å². The van der Waals surface area contributed by atoms with Crippen molar-refractivity contribution in [1.29, 1.82) is 10.5 Å². The Morgan fingerprint density at radius 2 is 1.25 bits per heavy atom. The van der Waals surface area contributed by atoms with Crippen LogP contribution in [0.15, 0.2) is 24.3 Å². The lowest BCUT2D eigenvalue weighted by atomic mass is 10.0. The molecule has 12 heavy (non-hydrogen) atoms. The van der Waals surface area contributed by atoms with Crippen molar-refractivity contribution in [1.82, 2.24) is 0 Å². The Balaban J connectivity index is 3.73. The summed E-state index contributed by atoms with van der Waals surface area (Å²) < 4.78 is 0. The third kappa shape index (κ3) is 4.30. The smallest absolute Gasteiger partial charge is 0.0625 e. The summed E-state index contributed by atoms with van der Waals surface area (Å²) in [5.41, 5.74) is 1.79. The molecule has 0 aromatic carbocycles. The standard InChI is InChI=1S/C10H12N2/c1-9(5-3-7-11)10(2)6-4-8-12/h1-6H2. The van der Waals surface area contributed by atoms with Crippen LogP contribution >= 0.6 is 0 Å². The van der Waals surface area contributed by atoms with E-state index in [-0.39, 0.29) is 0 Å². The highest BCUT2D eigenvalue weighted by Crippen LogP contribution is 2.16. The van der Waals surface area contributed by atoms with Crippen molar-refractivity contribution in [2.45, 2.75) is 25.7 Å². The minimum absolute atomic E-state index is 0.477. The van der Waals surface area contributed by atoms with Gasteiger partial charge in [-0.2, -0.15) is 10.5 Å². The molecule has 0 aliphatic heterocycles. The van der Waals surface area contributed by atoms with E-state index in [1.165, 1.54) is 0 Å². The summed E-state index contributed by atoms with van der Waals surface area (Å²) in [5.74, 6) is 0. The Bertz CT molecular complexity index is 222. The fourth-order valence-corrected chi connectivity index (χ4v) is 0.767. The van der Waals surface area contributed by atoms with Gasteiger partial charge in [-0.25, -0.2) is 0 Å². The summed E-state index contributed by atoms with van der Waals surface area (Å²) in [6.45, 7) is 7.57. The molecule has 0 saturated carbocycles. The molecule has 0 aliphatic carbocycles. The lowest BCUT2D eigenvalue weighted by Crippen LogP contribution is -1.86. The van der Waals surface area contributed by atoms with E-state index < -0.39 is 0 Å². The maximum atomic E-state index is 8.30. The van der Waals surface area contributed by atoms with Crippen molar-refractivity contribution in [3.63, 3.8) is 0 Å². The lowest BCUT2D eigenvalue weighted by molar-refractivity contribution is 0.933. The normalized spacial score (nSPS) is 8.17. The zero-order chi connectivity index (χ0) is 9.40. The molecule has 0 aromatic rings. The molecule has 0 aromatic heterocycles. The molecule has 0 spiro atoms. The first kappa shape index (κ1) is 10.5. The number of allylic oxidation sites excluding steroid dienone is 2. The zero-order valence-corrected chi connectivity index (χ0v) is 7.14. The third-order valence-electron chi connectivity index (χ3n) is 1.58. The van der Waals surface area contributed by atoms with E-state index in [2.05, 4.69) is 13.2 Å². The average Bonchev–Trinajstić information content (AvgIpc) is 2.10. The second-order valence-electron chi connectivity index (χ2n) is 2.52. The Hall–Kier alpha value is -1.54. The van der Waals surface area contributed by atoms with Gasteiger partial charge in [-0.1, -0.05) is 24.3 Å². The molecule has 0 atom stereocenters. The van der Waals surface area contributed by atoms with Crippen molar-refractivity contribution >= 4 is 0 Å². The van der Waals surface area contributed by atoms with Crippen LogP contribution in [0.3, 0.4) is 0 Å². The van der Waals surface area contributed by atoms with E-state index in [1.54, 1.807) is 0 Å². The number of nitriles is 2. The first-order valence-electron chi connectivity index (χ1n) is 3.82. The second kappa shape index (κ2) is 6.19. The topological polar surface area (TPSA) is 47.6 Å². The molecule has 0 radical (unpaired) electrons. The van der Waals surface area contributed by atoms with Crippen LogP contribution in [0.1, 0.15) is 25.7 Å². The molecule has 0 bridgehead atoms. The maximum Gasteiger partial charge on any atom is 0.0625 e. The van der Waals surface area contributed by atoms with Crippen molar-refractivity contribution in [3.05, 3.63) is 24.3 Å². The fourth-order valence-electron chi connectivity index (χ4n) is 0.767. The summed E-state index contributed by atoms with van der Waals surface area (Å²) in [7, 11) is 0. The fraction of sp³-hybridized carbons (Fsp3) is 0.400. The molecule has 0 N–H and O–H groups in total. The molecular formula is C10H12N2. The van der Waals surface area contributed by atoms with Crippen LogP contribution in [0.2, 0.25) is 0 Å². The molecule has 0 fully saturated rings. The van der Waals surface area contributed by atoms with Gasteiger partial charge in [0.15, 0.2) is 0 Å². The second-order valence-corrected chi connectivity index (χ2v) is 2.52. The molecule has 2 heteroatoms. The van der Waals surface area contributed by atoms with Crippen LogP contribution in [0, 0.1) is 22.7 Å². The largest absolute Gasteiger partial charge is 0.198 e. The lowest BCUT2D eigenvalue weighted by Gasteiger charge is -2.03. The first-order valence-corrected chi connectivity index (χ1v) is 3.82. The van der Waals surface area contributed by atoms with E-state index in [9.17, 15) is 0 Å². The summed E-state index contributed by atoms with van der Waals surface area (Å²) in [4.78, 5) is 0. The van der Waals surface area contributed by atoms with Gasteiger partial charge in [0.2, 0.25) is 0 Å². The molecule has 0 aliphatic rings. The van der Waals surface area contributed by atoms with Gasteiger partial charge in [-0.15, -0.1) is 0 Å². The number of hydrogen-bond donors (Lipinski definition) is 0. The Kier molecular flexibility index (Phi) is 5.39. The van der Waals surface area contributed by atoms with Crippen molar-refractivity contribution in [2.75, 3.05) is 0 Å². The highest BCUT2D eigenvalue weighted by molar-refractivity contribution is 5.25. The summed E-state index contributed by atoms with van der Waals surface area (Å²) in [5, 5.41) is 16.6. The highest BCUT2D eigenvalue weighted by Gasteiger charge is 1.99. The molecule has 62 valence electrons. The van der Waals surface area contributed by atoms with E-state index >= 15 is 0 Å². The van der Waals surface area contributed by atoms with Gasteiger partial charge < -0.3 is 0 Å². The molecule has 0 saturated heterocycles. The van der Waals surface area contributed by atoms with Gasteiger partial charge in [0, 0.05) is 12.8 Å². The van der Waals surface area contributed by atoms with Crippen LogP contribution in [-0.2, 0) is 0 Å². The number of hydrogen-bond acceptors (Lipinski definition) is 2. The molecule has 2 nitrogen and oxygen atoms in total. The van der Waals surface area contributed by atoms with Gasteiger partial charge in [0.05, 0.1) is 12.1 Å². The van der Waals surface area contributed by atoms with Crippen LogP contribution in [0.5, 0.6) is 0 Å². The average molecular weight is 160 g/mol. The van der Waals surface area contributed by atoms with Crippen LogP contribution in [0.4, 0.5) is 0 Å². The first-order chi connectivity index (χ1) is 5.72. The number of nitrogens with zero attached hydrogens (tertiary/aromatic N) is 2. The number of rotatable bonds is 5. The van der Waals surface area contributed by atoms with Gasteiger partial charge in [0.25, 0.3) is 0 Å².